The van der Waals surface area contributed by atoms with Crippen molar-refractivity contribution in [3.63, 3.8) is 0 Å². The molecule has 0 saturated heterocycles. The van der Waals surface area contributed by atoms with E-state index >= 15 is 0 Å². The van der Waals surface area contributed by atoms with Crippen molar-refractivity contribution in [1.29, 1.82) is 0 Å². The Morgan fingerprint density at radius 1 is 1.26 bits per heavy atom. The van der Waals surface area contributed by atoms with Crippen molar-refractivity contribution in [3.8, 4) is 0 Å². The third-order valence-corrected chi connectivity index (χ3v) is 3.60. The van der Waals surface area contributed by atoms with Crippen LogP contribution in [0.4, 0.5) is 4.39 Å². The van der Waals surface area contributed by atoms with E-state index in [1.807, 2.05) is 0 Å². The van der Waals surface area contributed by atoms with E-state index in [1.165, 1.54) is 21.3 Å². The third kappa shape index (κ3) is 2.98. The van der Waals surface area contributed by atoms with Gasteiger partial charge in [-0.2, -0.15) is 0 Å². The minimum absolute atomic E-state index is 0.0942. The first kappa shape index (κ1) is 15.0. The number of carbonyl (C=O) groups excluding carboxylic acids is 1. The molecule has 0 radical (unpaired) electrons. The molecule has 2 heterocycles. The minimum atomic E-state index is -0.324. The quantitative estimate of drug-likeness (QED) is 0.786. The molecule has 0 atom stereocenters. The zero-order valence-electron chi connectivity index (χ0n) is 12.5. The van der Waals surface area contributed by atoms with Crippen molar-refractivity contribution in [1.82, 2.24) is 19.4 Å². The lowest BCUT2D eigenvalue weighted by Crippen LogP contribution is -2.32. The maximum absolute atomic E-state index is 12.8. The second-order valence-corrected chi connectivity index (χ2v) is 5.18. The molecule has 0 aliphatic heterocycles. The van der Waals surface area contributed by atoms with Crippen molar-refractivity contribution in [2.45, 2.75) is 13.1 Å². The number of rotatable bonds is 4. The molecular weight excluding hydrogens is 299 g/mol. The first-order valence-electron chi connectivity index (χ1n) is 7.07. The molecule has 6 nitrogen and oxygen atoms in total. The van der Waals surface area contributed by atoms with E-state index in [9.17, 15) is 14.0 Å². The number of aromatic nitrogens is 3. The van der Waals surface area contributed by atoms with Gasteiger partial charge in [-0.05, 0) is 29.8 Å². The van der Waals surface area contributed by atoms with Gasteiger partial charge in [0.25, 0.3) is 0 Å². The highest BCUT2D eigenvalue weighted by atomic mass is 19.1. The van der Waals surface area contributed by atoms with Crippen LogP contribution >= 0.6 is 0 Å². The van der Waals surface area contributed by atoms with Crippen LogP contribution in [0.3, 0.4) is 0 Å². The maximum atomic E-state index is 12.8. The van der Waals surface area contributed by atoms with Gasteiger partial charge in [0.1, 0.15) is 12.4 Å². The molecule has 0 fully saturated rings. The van der Waals surface area contributed by atoms with Gasteiger partial charge < -0.3 is 5.32 Å². The molecule has 23 heavy (non-hydrogen) atoms. The molecule has 0 aliphatic rings. The predicted octanol–water partition coefficient (Wildman–Crippen LogP) is 1.19. The number of aryl methyl sites for hydroxylation is 1. The van der Waals surface area contributed by atoms with E-state index in [-0.39, 0.29) is 30.5 Å². The summed E-state index contributed by atoms with van der Waals surface area (Å²) in [5, 5.41) is 2.72. The number of nitrogens with one attached hydrogen (secondary N) is 1. The Balaban J connectivity index is 1.74. The fraction of sp³-hybridized carbons (Fsp3) is 0.188. The standard InChI is InChI=1S/C16H15FN4O2/c1-20-15-13(3-2-8-18-15)21(16(20)23)10-14(22)19-9-11-4-6-12(17)7-5-11/h2-8H,9-10H2,1H3,(H,19,22). The van der Waals surface area contributed by atoms with Crippen LogP contribution in [0.25, 0.3) is 11.2 Å². The average Bonchev–Trinajstić information content (AvgIpc) is 2.80. The Labute approximate surface area is 131 Å². The van der Waals surface area contributed by atoms with Gasteiger partial charge in [-0.25, -0.2) is 14.2 Å². The maximum Gasteiger partial charge on any atom is 0.330 e. The molecule has 2 aromatic heterocycles. The Hall–Kier alpha value is -2.96. The van der Waals surface area contributed by atoms with Crippen molar-refractivity contribution in [2.24, 2.45) is 7.05 Å². The van der Waals surface area contributed by atoms with E-state index in [0.29, 0.717) is 11.2 Å². The Morgan fingerprint density at radius 2 is 2.00 bits per heavy atom. The number of nitrogens with zero attached hydrogens (tertiary/aromatic N) is 3. The number of benzene rings is 1. The summed E-state index contributed by atoms with van der Waals surface area (Å²) in [6.07, 6.45) is 1.60. The second-order valence-electron chi connectivity index (χ2n) is 5.18. The van der Waals surface area contributed by atoms with Crippen LogP contribution < -0.4 is 11.0 Å². The third-order valence-electron chi connectivity index (χ3n) is 3.60. The van der Waals surface area contributed by atoms with Gasteiger partial charge in [0.15, 0.2) is 5.65 Å². The van der Waals surface area contributed by atoms with Crippen LogP contribution in [0.1, 0.15) is 5.56 Å². The Bertz CT molecular complexity index is 912. The smallest absolute Gasteiger partial charge is 0.330 e. The van der Waals surface area contributed by atoms with Crippen molar-refractivity contribution >= 4 is 17.1 Å². The summed E-state index contributed by atoms with van der Waals surface area (Å²) in [7, 11) is 1.62. The van der Waals surface area contributed by atoms with E-state index < -0.39 is 0 Å². The van der Waals surface area contributed by atoms with Gasteiger partial charge in [-0.3, -0.25) is 13.9 Å². The fourth-order valence-electron chi connectivity index (χ4n) is 2.39. The monoisotopic (exact) mass is 314 g/mol. The Morgan fingerprint density at radius 3 is 2.74 bits per heavy atom. The van der Waals surface area contributed by atoms with Gasteiger partial charge in [0.2, 0.25) is 5.91 Å². The van der Waals surface area contributed by atoms with Crippen LogP contribution in [0.2, 0.25) is 0 Å². The molecule has 7 heteroatoms. The van der Waals surface area contributed by atoms with E-state index in [4.69, 9.17) is 0 Å². The van der Waals surface area contributed by atoms with E-state index in [0.717, 1.165) is 5.56 Å². The lowest BCUT2D eigenvalue weighted by molar-refractivity contribution is -0.121. The van der Waals surface area contributed by atoms with Crippen LogP contribution in [-0.2, 0) is 24.9 Å². The predicted molar refractivity (Wildman–Crippen MR) is 83.2 cm³/mol. The fourth-order valence-corrected chi connectivity index (χ4v) is 2.39. The minimum Gasteiger partial charge on any atom is -0.350 e. The Kier molecular flexibility index (Phi) is 3.92. The summed E-state index contributed by atoms with van der Waals surface area (Å²) in [6, 6.07) is 9.34. The van der Waals surface area contributed by atoms with Gasteiger partial charge in [0, 0.05) is 19.8 Å². The van der Waals surface area contributed by atoms with Crippen molar-refractivity contribution in [3.05, 3.63) is 64.5 Å². The van der Waals surface area contributed by atoms with Crippen LogP contribution in [-0.4, -0.2) is 20.0 Å². The number of carbonyl (C=O) groups is 1. The SMILES string of the molecule is Cn1c(=O)n(CC(=O)NCc2ccc(F)cc2)c2cccnc21. The number of amides is 1. The normalized spacial score (nSPS) is 10.9. The molecule has 1 N–H and O–H groups in total. The molecule has 0 saturated carbocycles. The summed E-state index contributed by atoms with van der Waals surface area (Å²) in [4.78, 5) is 28.4. The van der Waals surface area contributed by atoms with Crippen molar-refractivity contribution in [2.75, 3.05) is 0 Å². The molecule has 118 valence electrons. The number of halogens is 1. The highest BCUT2D eigenvalue weighted by molar-refractivity contribution is 5.79. The number of hydrogen-bond acceptors (Lipinski definition) is 3. The number of fused-ring (bicyclic) bond motifs is 1. The molecule has 0 spiro atoms. The van der Waals surface area contributed by atoms with Crippen LogP contribution in [0.15, 0.2) is 47.4 Å². The zero-order valence-corrected chi connectivity index (χ0v) is 12.5. The van der Waals surface area contributed by atoms with Gasteiger partial charge in [-0.15, -0.1) is 0 Å². The van der Waals surface area contributed by atoms with Crippen molar-refractivity contribution < 1.29 is 9.18 Å². The highest BCUT2D eigenvalue weighted by Gasteiger charge is 2.13. The van der Waals surface area contributed by atoms with Gasteiger partial charge >= 0.3 is 5.69 Å². The first-order valence-corrected chi connectivity index (χ1v) is 7.07. The van der Waals surface area contributed by atoms with Gasteiger partial charge in [-0.1, -0.05) is 12.1 Å². The molecule has 1 aromatic carbocycles. The number of hydrogen-bond donors (Lipinski definition) is 1. The molecule has 1 amide bonds. The molecule has 0 aliphatic carbocycles. The van der Waals surface area contributed by atoms with E-state index in [2.05, 4.69) is 10.3 Å². The molecule has 0 unspecified atom stereocenters. The van der Waals surface area contributed by atoms with E-state index in [1.54, 1.807) is 37.5 Å². The van der Waals surface area contributed by atoms with Crippen LogP contribution in [0.5, 0.6) is 0 Å². The lowest BCUT2D eigenvalue weighted by atomic mass is 10.2. The first-order chi connectivity index (χ1) is 11.1. The largest absolute Gasteiger partial charge is 0.350 e. The molecular formula is C16H15FN4O2. The summed E-state index contributed by atoms with van der Waals surface area (Å²) in [6.45, 7) is 0.180. The zero-order chi connectivity index (χ0) is 16.4. The number of pyridine rings is 1. The number of imidazole rings is 1. The summed E-state index contributed by atoms with van der Waals surface area (Å²) in [5.41, 5.74) is 1.63. The summed E-state index contributed by atoms with van der Waals surface area (Å²) in [5.74, 6) is -0.623. The average molecular weight is 314 g/mol. The summed E-state index contributed by atoms with van der Waals surface area (Å²) >= 11 is 0. The summed E-state index contributed by atoms with van der Waals surface area (Å²) < 4.78 is 15.6. The molecule has 3 rings (SSSR count). The second kappa shape index (κ2) is 6.04. The molecule has 3 aromatic rings. The molecule has 0 bridgehead atoms. The topological polar surface area (TPSA) is 68.9 Å². The van der Waals surface area contributed by atoms with Crippen LogP contribution in [0, 0.1) is 5.82 Å². The highest BCUT2D eigenvalue weighted by Crippen LogP contribution is 2.08. The van der Waals surface area contributed by atoms with Gasteiger partial charge in [0.05, 0.1) is 5.52 Å². The lowest BCUT2D eigenvalue weighted by Gasteiger charge is -2.06.